The molecule has 1 N–H and O–H groups in total. The van der Waals surface area contributed by atoms with E-state index in [0.717, 1.165) is 14.9 Å². The number of nitrogens with zero attached hydrogens (tertiary/aromatic N) is 3. The topological polar surface area (TPSA) is 83.4 Å². The molecule has 2 aromatic carbocycles. The van der Waals surface area contributed by atoms with Crippen LogP contribution in [0.2, 0.25) is 0 Å². The smallest absolute Gasteiger partial charge is 0.301 e. The Balaban J connectivity index is 1.49. The van der Waals surface area contributed by atoms with E-state index in [0.29, 0.717) is 15.7 Å². The molecule has 0 bridgehead atoms. The summed E-state index contributed by atoms with van der Waals surface area (Å²) in [6.45, 7) is 0. The Morgan fingerprint density at radius 1 is 1.09 bits per heavy atom. The number of aromatic nitrogens is 2. The first-order valence-corrected chi connectivity index (χ1v) is 13.7. The number of ketones is 1. The minimum atomic E-state index is -0.818. The summed E-state index contributed by atoms with van der Waals surface area (Å²) in [5, 5.41) is 21.5. The van der Waals surface area contributed by atoms with E-state index in [9.17, 15) is 19.1 Å². The van der Waals surface area contributed by atoms with Gasteiger partial charge in [-0.2, -0.15) is 0 Å². The standard InChI is InChI=1S/C24H15BrFN3O3S3/c25-15-7-5-14(6-8-15)20(30)18-19(17-2-1-11-33-17)29(22(32)21(18)31)23-27-28-24(35-23)34-12-13-3-9-16(26)10-4-13/h1-11,19,30H,12H2/b20-18-. The molecule has 1 aliphatic heterocycles. The van der Waals surface area contributed by atoms with Crippen molar-refractivity contribution < 1.29 is 19.1 Å². The second-order valence-corrected chi connectivity index (χ2v) is 11.5. The number of rotatable bonds is 6. The van der Waals surface area contributed by atoms with Crippen LogP contribution in [0.3, 0.4) is 0 Å². The molecule has 5 rings (SSSR count). The molecular formula is C24H15BrFN3O3S3. The molecular weight excluding hydrogens is 573 g/mol. The number of amides is 1. The summed E-state index contributed by atoms with van der Waals surface area (Å²) in [7, 11) is 0. The third kappa shape index (κ3) is 4.81. The number of benzene rings is 2. The Kier molecular flexibility index (Phi) is 6.83. The van der Waals surface area contributed by atoms with E-state index < -0.39 is 17.7 Å². The molecule has 3 heterocycles. The fraction of sp³-hybridized carbons (Fsp3) is 0.0833. The van der Waals surface area contributed by atoms with Crippen LogP contribution < -0.4 is 4.90 Å². The summed E-state index contributed by atoms with van der Waals surface area (Å²) >= 11 is 7.32. The highest BCUT2D eigenvalue weighted by Gasteiger charge is 2.48. The van der Waals surface area contributed by atoms with Gasteiger partial charge >= 0.3 is 5.91 Å². The Labute approximate surface area is 220 Å². The van der Waals surface area contributed by atoms with E-state index in [1.165, 1.54) is 51.5 Å². The number of anilines is 1. The highest BCUT2D eigenvalue weighted by Crippen LogP contribution is 2.45. The minimum absolute atomic E-state index is 0.00971. The van der Waals surface area contributed by atoms with Gasteiger partial charge in [0.15, 0.2) is 4.34 Å². The zero-order valence-electron chi connectivity index (χ0n) is 17.7. The van der Waals surface area contributed by atoms with Crippen LogP contribution in [0.4, 0.5) is 9.52 Å². The van der Waals surface area contributed by atoms with Crippen LogP contribution in [0, 0.1) is 5.82 Å². The molecule has 1 amide bonds. The number of hydrogen-bond donors (Lipinski definition) is 1. The fourth-order valence-corrected chi connectivity index (χ4v) is 6.50. The van der Waals surface area contributed by atoms with E-state index >= 15 is 0 Å². The summed E-state index contributed by atoms with van der Waals surface area (Å²) in [6.07, 6.45) is 0. The Morgan fingerprint density at radius 2 is 1.83 bits per heavy atom. The van der Waals surface area contributed by atoms with E-state index in [4.69, 9.17) is 0 Å². The summed E-state index contributed by atoms with van der Waals surface area (Å²) in [5.41, 5.74) is 1.36. The summed E-state index contributed by atoms with van der Waals surface area (Å²) in [6, 6.07) is 15.9. The number of thioether (sulfide) groups is 1. The van der Waals surface area contributed by atoms with Crippen molar-refractivity contribution in [3.05, 3.63) is 97.9 Å². The maximum atomic E-state index is 13.2. The quantitative estimate of drug-likeness (QED) is 0.0921. The predicted octanol–water partition coefficient (Wildman–Crippen LogP) is 6.42. The number of carbonyl (C=O) groups excluding carboxylic acids is 2. The van der Waals surface area contributed by atoms with Gasteiger partial charge in [0.05, 0.1) is 5.57 Å². The predicted molar refractivity (Wildman–Crippen MR) is 139 cm³/mol. The van der Waals surface area contributed by atoms with Crippen molar-refractivity contribution in [2.45, 2.75) is 16.1 Å². The highest BCUT2D eigenvalue weighted by molar-refractivity contribution is 9.10. The van der Waals surface area contributed by atoms with Crippen molar-refractivity contribution in [3.63, 3.8) is 0 Å². The monoisotopic (exact) mass is 587 g/mol. The molecule has 1 atom stereocenters. The van der Waals surface area contributed by atoms with Gasteiger partial charge in [0.2, 0.25) is 5.13 Å². The normalized spacial score (nSPS) is 17.3. The van der Waals surface area contributed by atoms with Crippen molar-refractivity contribution in [3.8, 4) is 0 Å². The summed E-state index contributed by atoms with van der Waals surface area (Å²) < 4.78 is 14.6. The summed E-state index contributed by atoms with van der Waals surface area (Å²) in [4.78, 5) is 28.3. The van der Waals surface area contributed by atoms with E-state index in [1.54, 1.807) is 36.4 Å². The molecule has 0 radical (unpaired) electrons. The van der Waals surface area contributed by atoms with Crippen LogP contribution in [0.1, 0.15) is 22.0 Å². The lowest BCUT2D eigenvalue weighted by atomic mass is 10.00. The number of Topliss-reactive ketones (excluding diaryl/α,β-unsaturated/α-hetero) is 1. The maximum Gasteiger partial charge on any atom is 0.301 e. The molecule has 1 saturated heterocycles. The van der Waals surface area contributed by atoms with Crippen LogP contribution in [0.5, 0.6) is 0 Å². The molecule has 11 heteroatoms. The van der Waals surface area contributed by atoms with Gasteiger partial charge in [0.1, 0.15) is 17.6 Å². The molecule has 1 aliphatic rings. The minimum Gasteiger partial charge on any atom is -0.507 e. The molecule has 1 fully saturated rings. The number of thiophene rings is 1. The van der Waals surface area contributed by atoms with Gasteiger partial charge in [-0.15, -0.1) is 21.5 Å². The van der Waals surface area contributed by atoms with Crippen molar-refractivity contribution in [2.24, 2.45) is 0 Å². The first kappa shape index (κ1) is 23.9. The van der Waals surface area contributed by atoms with Crippen LogP contribution >= 0.6 is 50.4 Å². The first-order valence-electron chi connectivity index (χ1n) is 10.2. The van der Waals surface area contributed by atoms with Gasteiger partial charge in [0.25, 0.3) is 5.78 Å². The average molecular weight is 589 g/mol. The number of hydrogen-bond acceptors (Lipinski definition) is 8. The van der Waals surface area contributed by atoms with Gasteiger partial charge in [-0.25, -0.2) is 4.39 Å². The number of halogens is 2. The van der Waals surface area contributed by atoms with Gasteiger partial charge < -0.3 is 5.11 Å². The molecule has 2 aromatic heterocycles. The van der Waals surface area contributed by atoms with Crippen molar-refractivity contribution in [1.29, 1.82) is 0 Å². The Bertz CT molecular complexity index is 1420. The second kappa shape index (κ2) is 10.0. The first-order chi connectivity index (χ1) is 16.9. The SMILES string of the molecule is O=C1C(=O)N(c2nnc(SCc3ccc(F)cc3)s2)C(c2cccs2)/C1=C(/O)c1ccc(Br)cc1. The lowest BCUT2D eigenvalue weighted by Gasteiger charge is -2.20. The fourth-order valence-electron chi connectivity index (χ4n) is 3.59. The van der Waals surface area contributed by atoms with Crippen LogP contribution in [-0.2, 0) is 15.3 Å². The molecule has 6 nitrogen and oxygen atoms in total. The Morgan fingerprint density at radius 3 is 2.51 bits per heavy atom. The van der Waals surface area contributed by atoms with Gasteiger partial charge in [-0.1, -0.05) is 69.4 Å². The number of aliphatic hydroxyl groups is 1. The van der Waals surface area contributed by atoms with Crippen molar-refractivity contribution in [2.75, 3.05) is 4.90 Å². The zero-order chi connectivity index (χ0) is 24.5. The lowest BCUT2D eigenvalue weighted by Crippen LogP contribution is -2.29. The molecule has 176 valence electrons. The number of aliphatic hydroxyl groups excluding tert-OH is 1. The summed E-state index contributed by atoms with van der Waals surface area (Å²) in [5.74, 6) is -1.55. The second-order valence-electron chi connectivity index (χ2n) is 7.46. The number of carbonyl (C=O) groups is 2. The molecule has 0 saturated carbocycles. The van der Waals surface area contributed by atoms with Crippen molar-refractivity contribution in [1.82, 2.24) is 10.2 Å². The van der Waals surface area contributed by atoms with E-state index in [1.807, 2.05) is 17.5 Å². The van der Waals surface area contributed by atoms with Gasteiger partial charge in [0, 0.05) is 20.7 Å². The third-order valence-corrected chi connectivity index (χ3v) is 8.83. The van der Waals surface area contributed by atoms with Crippen LogP contribution in [-0.4, -0.2) is 27.0 Å². The van der Waals surface area contributed by atoms with Crippen molar-refractivity contribution >= 4 is 72.9 Å². The third-order valence-electron chi connectivity index (χ3n) is 5.25. The van der Waals surface area contributed by atoms with Gasteiger partial charge in [-0.05, 0) is 41.3 Å². The van der Waals surface area contributed by atoms with Gasteiger partial charge in [-0.3, -0.25) is 14.5 Å². The molecule has 35 heavy (non-hydrogen) atoms. The largest absolute Gasteiger partial charge is 0.507 e. The molecule has 4 aromatic rings. The maximum absolute atomic E-state index is 13.2. The van der Waals surface area contributed by atoms with Crippen LogP contribution in [0.25, 0.3) is 5.76 Å². The average Bonchev–Trinajstić information content (AvgIpc) is 3.60. The zero-order valence-corrected chi connectivity index (χ0v) is 21.8. The van der Waals surface area contributed by atoms with E-state index in [-0.39, 0.29) is 22.3 Å². The highest BCUT2D eigenvalue weighted by atomic mass is 79.9. The van der Waals surface area contributed by atoms with Crippen LogP contribution in [0.15, 0.2) is 80.4 Å². The molecule has 1 unspecified atom stereocenters. The molecule has 0 spiro atoms. The Hall–Kier alpha value is -2.86. The lowest BCUT2D eigenvalue weighted by molar-refractivity contribution is -0.132. The van der Waals surface area contributed by atoms with E-state index in [2.05, 4.69) is 26.1 Å². The molecule has 0 aliphatic carbocycles.